The van der Waals surface area contributed by atoms with Crippen LogP contribution in [0, 0.1) is 17.7 Å². The van der Waals surface area contributed by atoms with Gasteiger partial charge in [-0.1, -0.05) is 38.1 Å². The summed E-state index contributed by atoms with van der Waals surface area (Å²) in [7, 11) is 0. The van der Waals surface area contributed by atoms with Crippen molar-refractivity contribution < 1.29 is 18.8 Å². The fourth-order valence-electron chi connectivity index (χ4n) is 4.69. The van der Waals surface area contributed by atoms with Crippen LogP contribution in [0.4, 0.5) is 15.8 Å². The lowest BCUT2D eigenvalue weighted by Gasteiger charge is -2.37. The van der Waals surface area contributed by atoms with Gasteiger partial charge in [0.05, 0.1) is 11.3 Å². The molecule has 0 radical (unpaired) electrons. The van der Waals surface area contributed by atoms with Crippen molar-refractivity contribution in [3.05, 3.63) is 65.6 Å². The van der Waals surface area contributed by atoms with Gasteiger partial charge in [0.1, 0.15) is 11.5 Å². The van der Waals surface area contributed by atoms with Gasteiger partial charge in [-0.25, -0.2) is 9.29 Å². The molecule has 166 valence electrons. The minimum absolute atomic E-state index is 0.0528. The molecule has 2 heterocycles. The topological polar surface area (TPSA) is 69.7 Å². The number of nitrogens with one attached hydrogen (secondary N) is 1. The summed E-state index contributed by atoms with van der Waals surface area (Å²) in [5.74, 6) is -1.17. The Morgan fingerprint density at radius 2 is 1.59 bits per heavy atom. The maximum absolute atomic E-state index is 14.6. The lowest BCUT2D eigenvalue weighted by molar-refractivity contribution is -0.121. The highest BCUT2D eigenvalue weighted by molar-refractivity contribution is 6.45. The summed E-state index contributed by atoms with van der Waals surface area (Å²) >= 11 is 0. The Labute approximate surface area is 186 Å². The smallest absolute Gasteiger partial charge is 0.282 e. The average Bonchev–Trinajstić information content (AvgIpc) is 2.98. The zero-order chi connectivity index (χ0) is 23.0. The Bertz CT molecular complexity index is 1100. The van der Waals surface area contributed by atoms with E-state index in [1.807, 2.05) is 4.90 Å². The lowest BCUT2D eigenvalue weighted by atomic mass is 9.91. The van der Waals surface area contributed by atoms with E-state index in [0.717, 1.165) is 11.3 Å². The number of halogens is 1. The first kappa shape index (κ1) is 21.7. The first-order valence-electron chi connectivity index (χ1n) is 10.8. The fraction of sp³-hybridized carbons (Fsp3) is 0.320. The van der Waals surface area contributed by atoms with E-state index in [9.17, 15) is 18.8 Å². The molecule has 1 N–H and O–H groups in total. The van der Waals surface area contributed by atoms with Gasteiger partial charge in [-0.3, -0.25) is 14.4 Å². The van der Waals surface area contributed by atoms with Crippen LogP contribution in [0.3, 0.4) is 0 Å². The molecule has 4 rings (SSSR count). The highest BCUT2D eigenvalue weighted by atomic mass is 19.1. The Kier molecular flexibility index (Phi) is 5.82. The quantitative estimate of drug-likeness (QED) is 0.736. The summed E-state index contributed by atoms with van der Waals surface area (Å²) in [6, 6.07) is 12.6. The van der Waals surface area contributed by atoms with Crippen LogP contribution in [0.2, 0.25) is 0 Å². The Balaban J connectivity index is 1.81. The number of para-hydroxylation sites is 1. The number of hydrogen-bond acceptors (Lipinski definition) is 4. The Morgan fingerprint density at radius 1 is 0.969 bits per heavy atom. The molecule has 32 heavy (non-hydrogen) atoms. The maximum atomic E-state index is 14.6. The van der Waals surface area contributed by atoms with E-state index in [-0.39, 0.29) is 17.2 Å². The van der Waals surface area contributed by atoms with Gasteiger partial charge in [0.2, 0.25) is 5.91 Å². The molecule has 2 aliphatic rings. The van der Waals surface area contributed by atoms with Crippen LogP contribution in [-0.4, -0.2) is 35.7 Å². The molecule has 7 heteroatoms. The summed E-state index contributed by atoms with van der Waals surface area (Å²) in [6.45, 7) is 6.97. The van der Waals surface area contributed by atoms with Crippen molar-refractivity contribution in [2.24, 2.45) is 11.8 Å². The number of amides is 3. The number of rotatable bonds is 4. The van der Waals surface area contributed by atoms with Crippen molar-refractivity contribution in [3.8, 4) is 0 Å². The maximum Gasteiger partial charge on any atom is 0.282 e. The minimum atomic E-state index is -0.629. The van der Waals surface area contributed by atoms with Gasteiger partial charge < -0.3 is 10.2 Å². The predicted molar refractivity (Wildman–Crippen MR) is 121 cm³/mol. The molecule has 6 nitrogen and oxygen atoms in total. The van der Waals surface area contributed by atoms with Crippen LogP contribution in [-0.2, 0) is 14.4 Å². The molecule has 3 amide bonds. The minimum Gasteiger partial charge on any atom is -0.366 e. The van der Waals surface area contributed by atoms with Gasteiger partial charge in [-0.05, 0) is 48.1 Å². The van der Waals surface area contributed by atoms with E-state index in [1.165, 1.54) is 25.1 Å². The van der Waals surface area contributed by atoms with Crippen molar-refractivity contribution in [1.29, 1.82) is 0 Å². The molecule has 1 fully saturated rings. The number of benzene rings is 2. The highest BCUT2D eigenvalue weighted by Gasteiger charge is 2.44. The fourth-order valence-corrected chi connectivity index (χ4v) is 4.69. The molecule has 0 spiro atoms. The molecule has 2 unspecified atom stereocenters. The van der Waals surface area contributed by atoms with Crippen molar-refractivity contribution in [2.45, 2.75) is 27.2 Å². The van der Waals surface area contributed by atoms with Gasteiger partial charge in [0, 0.05) is 25.7 Å². The molecule has 0 aromatic heterocycles. The molecule has 1 saturated heterocycles. The molecular formula is C25H26FN3O3. The van der Waals surface area contributed by atoms with Crippen LogP contribution < -0.4 is 10.2 Å². The second-order valence-corrected chi connectivity index (χ2v) is 8.73. The number of carbonyl (C=O) groups is 3. The van der Waals surface area contributed by atoms with Gasteiger partial charge in [-0.2, -0.15) is 0 Å². The third-order valence-electron chi connectivity index (χ3n) is 5.83. The standard InChI is InChI=1S/C25H26FN3O3/c1-15-12-16(2)14-28(13-15)23-22(18-8-10-19(11-9-18)27-17(3)30)24(31)29(25(23)32)21-7-5-4-6-20(21)26/h4-11,15-16H,12-14H2,1-3H3,(H,27,30). The van der Waals surface area contributed by atoms with E-state index < -0.39 is 17.6 Å². The molecule has 2 aromatic carbocycles. The van der Waals surface area contributed by atoms with Crippen LogP contribution in [0.5, 0.6) is 0 Å². The molecular weight excluding hydrogens is 409 g/mol. The number of likely N-dealkylation sites (tertiary alicyclic amines) is 1. The normalized spacial score (nSPS) is 21.4. The monoisotopic (exact) mass is 435 g/mol. The summed E-state index contributed by atoms with van der Waals surface area (Å²) in [6.07, 6.45) is 1.05. The van der Waals surface area contributed by atoms with E-state index in [2.05, 4.69) is 19.2 Å². The second kappa shape index (κ2) is 8.57. The van der Waals surface area contributed by atoms with Gasteiger partial charge in [0.25, 0.3) is 11.8 Å². The summed E-state index contributed by atoms with van der Waals surface area (Å²) in [4.78, 5) is 41.3. The third-order valence-corrected chi connectivity index (χ3v) is 5.83. The molecule has 2 aromatic rings. The van der Waals surface area contributed by atoms with Crippen LogP contribution >= 0.6 is 0 Å². The number of carbonyl (C=O) groups excluding carboxylic acids is 3. The molecule has 0 aliphatic carbocycles. The number of hydrogen-bond donors (Lipinski definition) is 1. The van der Waals surface area contributed by atoms with E-state index in [4.69, 9.17) is 0 Å². The second-order valence-electron chi connectivity index (χ2n) is 8.73. The number of nitrogens with zero attached hydrogens (tertiary/aromatic N) is 2. The molecule has 2 aliphatic heterocycles. The third kappa shape index (κ3) is 4.02. The highest BCUT2D eigenvalue weighted by Crippen LogP contribution is 2.38. The lowest BCUT2D eigenvalue weighted by Crippen LogP contribution is -2.42. The van der Waals surface area contributed by atoms with Crippen LogP contribution in [0.25, 0.3) is 5.57 Å². The van der Waals surface area contributed by atoms with Gasteiger partial charge in [0.15, 0.2) is 0 Å². The van der Waals surface area contributed by atoms with Crippen LogP contribution in [0.1, 0.15) is 32.8 Å². The van der Waals surface area contributed by atoms with Crippen LogP contribution in [0.15, 0.2) is 54.2 Å². The van der Waals surface area contributed by atoms with E-state index >= 15 is 0 Å². The van der Waals surface area contributed by atoms with Crippen molar-refractivity contribution >= 4 is 34.7 Å². The zero-order valence-corrected chi connectivity index (χ0v) is 18.4. The first-order chi connectivity index (χ1) is 15.3. The predicted octanol–water partition coefficient (Wildman–Crippen LogP) is 4.05. The number of piperidine rings is 1. The first-order valence-corrected chi connectivity index (χ1v) is 10.8. The van der Waals surface area contributed by atoms with E-state index in [0.29, 0.717) is 41.9 Å². The van der Waals surface area contributed by atoms with Crippen molar-refractivity contribution in [3.63, 3.8) is 0 Å². The van der Waals surface area contributed by atoms with Gasteiger partial charge >= 0.3 is 0 Å². The Hall–Kier alpha value is -3.48. The summed E-state index contributed by atoms with van der Waals surface area (Å²) < 4.78 is 14.6. The average molecular weight is 435 g/mol. The summed E-state index contributed by atoms with van der Waals surface area (Å²) in [5.41, 5.74) is 1.66. The SMILES string of the molecule is CC(=O)Nc1ccc(C2=C(N3CC(C)CC(C)C3)C(=O)N(c3ccccc3F)C2=O)cc1. The number of anilines is 2. The van der Waals surface area contributed by atoms with E-state index in [1.54, 1.807) is 30.3 Å². The van der Waals surface area contributed by atoms with Crippen molar-refractivity contribution in [2.75, 3.05) is 23.3 Å². The van der Waals surface area contributed by atoms with Gasteiger partial charge in [-0.15, -0.1) is 0 Å². The zero-order valence-electron chi connectivity index (χ0n) is 18.4. The largest absolute Gasteiger partial charge is 0.366 e. The summed E-state index contributed by atoms with van der Waals surface area (Å²) in [5, 5.41) is 2.69. The molecule has 2 atom stereocenters. The molecule has 0 bridgehead atoms. The number of imide groups is 1. The molecule has 0 saturated carbocycles. The van der Waals surface area contributed by atoms with Crippen molar-refractivity contribution in [1.82, 2.24) is 4.90 Å². The Morgan fingerprint density at radius 3 is 2.19 bits per heavy atom.